The summed E-state index contributed by atoms with van der Waals surface area (Å²) in [7, 11) is 0. The Morgan fingerprint density at radius 3 is 1.95 bits per heavy atom. The Labute approximate surface area is 133 Å². The van der Waals surface area contributed by atoms with Crippen LogP contribution in [-0.2, 0) is 13.1 Å². The lowest BCUT2D eigenvalue weighted by Gasteiger charge is -1.98. The first-order valence-electron chi connectivity index (χ1n) is 7.48. The molecule has 0 radical (unpaired) electrons. The maximum absolute atomic E-state index is 4.00. The van der Waals surface area contributed by atoms with Crippen molar-refractivity contribution in [3.63, 3.8) is 0 Å². The zero-order valence-electron chi connectivity index (χ0n) is 13.4. The third kappa shape index (κ3) is 8.59. The molecule has 1 aromatic heterocycles. The molecule has 0 saturated heterocycles. The Morgan fingerprint density at radius 1 is 0.818 bits per heavy atom. The van der Waals surface area contributed by atoms with E-state index < -0.39 is 0 Å². The second kappa shape index (κ2) is 12.2. The maximum Gasteiger partial charge on any atom is 0.0410 e. The number of hydrogen-bond donors (Lipinski definition) is 2. The van der Waals surface area contributed by atoms with Gasteiger partial charge in [-0.15, -0.1) is 0 Å². The van der Waals surface area contributed by atoms with Gasteiger partial charge < -0.3 is 10.6 Å². The normalized spacial score (nSPS) is 10.3. The number of nitrogens with zero attached hydrogens (tertiary/aromatic N) is 1. The topological polar surface area (TPSA) is 37.0 Å². The summed E-state index contributed by atoms with van der Waals surface area (Å²) in [6, 6.07) is 14.3. The molecule has 3 nitrogen and oxygen atoms in total. The van der Waals surface area contributed by atoms with Crippen molar-refractivity contribution in [2.24, 2.45) is 0 Å². The summed E-state index contributed by atoms with van der Waals surface area (Å²) in [6.45, 7) is 5.73. The van der Waals surface area contributed by atoms with Gasteiger partial charge in [-0.25, -0.2) is 0 Å². The molecule has 0 aliphatic rings. The molecule has 0 amide bonds. The molecule has 0 unspecified atom stereocenters. The molecule has 0 aliphatic carbocycles. The van der Waals surface area contributed by atoms with Gasteiger partial charge in [-0.3, -0.25) is 4.98 Å². The van der Waals surface area contributed by atoms with Crippen molar-refractivity contribution in [2.75, 3.05) is 0 Å². The molecule has 1 heterocycles. The average Bonchev–Trinajstić information content (AvgIpc) is 2.58. The van der Waals surface area contributed by atoms with Crippen LogP contribution in [0.15, 0.2) is 79.4 Å². The number of hydrogen-bond acceptors (Lipinski definition) is 3. The van der Waals surface area contributed by atoms with Crippen molar-refractivity contribution in [2.45, 2.75) is 26.9 Å². The predicted molar refractivity (Wildman–Crippen MR) is 94.0 cm³/mol. The summed E-state index contributed by atoms with van der Waals surface area (Å²) in [6.07, 6.45) is 11.5. The lowest BCUT2D eigenvalue weighted by Crippen LogP contribution is -2.03. The van der Waals surface area contributed by atoms with Crippen LogP contribution in [0.5, 0.6) is 0 Å². The molecule has 116 valence electrons. The van der Waals surface area contributed by atoms with Crippen LogP contribution in [0, 0.1) is 0 Å². The van der Waals surface area contributed by atoms with Crippen LogP contribution in [0.4, 0.5) is 0 Å². The molecule has 0 fully saturated rings. The lowest BCUT2D eigenvalue weighted by atomic mass is 10.2. The molecule has 1 aromatic carbocycles. The van der Waals surface area contributed by atoms with Crippen molar-refractivity contribution in [3.05, 3.63) is 90.5 Å². The molecule has 0 saturated carbocycles. The fourth-order valence-electron chi connectivity index (χ4n) is 1.69. The molecule has 0 atom stereocenters. The van der Waals surface area contributed by atoms with E-state index in [4.69, 9.17) is 0 Å². The van der Waals surface area contributed by atoms with E-state index in [0.717, 1.165) is 13.1 Å². The highest BCUT2D eigenvalue weighted by Gasteiger charge is 1.86. The highest BCUT2D eigenvalue weighted by molar-refractivity contribution is 5.14. The minimum atomic E-state index is 0.845. The number of pyridine rings is 1. The molecular weight excluding hydrogens is 270 g/mol. The first-order chi connectivity index (χ1) is 10.9. The Kier molecular flexibility index (Phi) is 9.71. The number of benzene rings is 1. The van der Waals surface area contributed by atoms with E-state index in [-0.39, 0.29) is 0 Å². The lowest BCUT2D eigenvalue weighted by molar-refractivity contribution is 0.862. The number of nitrogens with one attached hydrogen (secondary N) is 2. The van der Waals surface area contributed by atoms with E-state index in [1.807, 2.05) is 74.9 Å². The van der Waals surface area contributed by atoms with Crippen molar-refractivity contribution in [1.82, 2.24) is 15.6 Å². The molecular formula is C19H25N3. The van der Waals surface area contributed by atoms with Crippen LogP contribution in [-0.4, -0.2) is 4.98 Å². The Hall–Kier alpha value is -2.55. The van der Waals surface area contributed by atoms with Gasteiger partial charge in [0.05, 0.1) is 0 Å². The molecule has 0 aliphatic heterocycles. The Bertz CT molecular complexity index is 482. The van der Waals surface area contributed by atoms with E-state index in [0.29, 0.717) is 0 Å². The minimum Gasteiger partial charge on any atom is -0.387 e. The van der Waals surface area contributed by atoms with Gasteiger partial charge in [0.25, 0.3) is 0 Å². The third-order valence-electron chi connectivity index (χ3n) is 2.75. The molecule has 2 aromatic rings. The summed E-state index contributed by atoms with van der Waals surface area (Å²) in [5.74, 6) is 0. The summed E-state index contributed by atoms with van der Waals surface area (Å²) < 4.78 is 0. The SMILES string of the molecule is CC=CNCc1ccccc1.CC=CNCc1cccnc1. The molecule has 3 heteroatoms. The summed E-state index contributed by atoms with van der Waals surface area (Å²) >= 11 is 0. The number of allylic oxidation sites excluding steroid dienone is 2. The van der Waals surface area contributed by atoms with E-state index in [9.17, 15) is 0 Å². The van der Waals surface area contributed by atoms with Crippen molar-refractivity contribution in [1.29, 1.82) is 0 Å². The van der Waals surface area contributed by atoms with Gasteiger partial charge in [0.2, 0.25) is 0 Å². The quantitative estimate of drug-likeness (QED) is 0.845. The van der Waals surface area contributed by atoms with Gasteiger partial charge in [-0.05, 0) is 43.4 Å². The van der Waals surface area contributed by atoms with Crippen LogP contribution >= 0.6 is 0 Å². The minimum absolute atomic E-state index is 0.845. The first-order valence-corrected chi connectivity index (χ1v) is 7.48. The fourth-order valence-corrected chi connectivity index (χ4v) is 1.69. The van der Waals surface area contributed by atoms with E-state index in [1.165, 1.54) is 11.1 Å². The molecule has 2 rings (SSSR count). The largest absolute Gasteiger partial charge is 0.387 e. The van der Waals surface area contributed by atoms with Crippen molar-refractivity contribution >= 4 is 0 Å². The molecule has 2 N–H and O–H groups in total. The van der Waals surface area contributed by atoms with Crippen molar-refractivity contribution in [3.8, 4) is 0 Å². The second-order valence-electron chi connectivity index (χ2n) is 4.61. The van der Waals surface area contributed by atoms with Crippen LogP contribution in [0.1, 0.15) is 25.0 Å². The van der Waals surface area contributed by atoms with Crippen molar-refractivity contribution < 1.29 is 0 Å². The monoisotopic (exact) mass is 295 g/mol. The summed E-state index contributed by atoms with van der Waals surface area (Å²) in [5, 5.41) is 6.30. The van der Waals surface area contributed by atoms with Gasteiger partial charge in [-0.2, -0.15) is 0 Å². The Morgan fingerprint density at radius 2 is 1.41 bits per heavy atom. The average molecular weight is 295 g/mol. The first kappa shape index (κ1) is 17.5. The number of aromatic nitrogens is 1. The molecule has 22 heavy (non-hydrogen) atoms. The van der Waals surface area contributed by atoms with Crippen LogP contribution in [0.2, 0.25) is 0 Å². The van der Waals surface area contributed by atoms with Gasteiger partial charge in [-0.1, -0.05) is 48.6 Å². The Balaban J connectivity index is 0.000000220. The summed E-state index contributed by atoms with van der Waals surface area (Å²) in [4.78, 5) is 4.00. The maximum atomic E-state index is 4.00. The van der Waals surface area contributed by atoms with Gasteiger partial charge in [0.15, 0.2) is 0 Å². The van der Waals surface area contributed by atoms with E-state index in [2.05, 4.69) is 27.8 Å². The highest BCUT2D eigenvalue weighted by atomic mass is 14.8. The smallest absolute Gasteiger partial charge is 0.0410 e. The fraction of sp³-hybridized carbons (Fsp3) is 0.211. The molecule has 0 bridgehead atoms. The van der Waals surface area contributed by atoms with E-state index >= 15 is 0 Å². The third-order valence-corrected chi connectivity index (χ3v) is 2.75. The van der Waals surface area contributed by atoms with Crippen LogP contribution in [0.25, 0.3) is 0 Å². The highest BCUT2D eigenvalue weighted by Crippen LogP contribution is 1.96. The van der Waals surface area contributed by atoms with Crippen LogP contribution in [0.3, 0.4) is 0 Å². The van der Waals surface area contributed by atoms with Gasteiger partial charge >= 0.3 is 0 Å². The predicted octanol–water partition coefficient (Wildman–Crippen LogP) is 4.01. The number of rotatable bonds is 6. The van der Waals surface area contributed by atoms with Gasteiger partial charge in [0, 0.05) is 25.5 Å². The second-order valence-corrected chi connectivity index (χ2v) is 4.61. The standard InChI is InChI=1S/C10H13N.C9H12N2/c1-2-8-11-9-10-6-4-3-5-7-10;1-2-5-10-7-9-4-3-6-11-8-9/h2-8,11H,9H2,1H3;2-6,8,10H,7H2,1H3. The van der Waals surface area contributed by atoms with E-state index in [1.54, 1.807) is 6.20 Å². The van der Waals surface area contributed by atoms with Crippen LogP contribution < -0.4 is 10.6 Å². The zero-order chi connectivity index (χ0) is 15.9. The zero-order valence-corrected chi connectivity index (χ0v) is 13.4. The molecule has 0 spiro atoms. The van der Waals surface area contributed by atoms with Gasteiger partial charge in [0.1, 0.15) is 0 Å². The summed E-state index contributed by atoms with van der Waals surface area (Å²) in [5.41, 5.74) is 2.51.